The van der Waals surface area contributed by atoms with Crippen LogP contribution in [0, 0.1) is 15.9 Å². The van der Waals surface area contributed by atoms with Crippen LogP contribution in [0.2, 0.25) is 0 Å². The smallest absolute Gasteiger partial charge is 0.258 e. The standard InChI is InChI=1S/C9H5FN2O2/c10-7-4-6-2-1-3-8(12(13)14)9(6)11-5-7/h1-5H. The maximum Gasteiger partial charge on any atom is 0.295 e. The van der Waals surface area contributed by atoms with E-state index < -0.39 is 10.7 Å². The molecule has 1 aromatic carbocycles. The minimum Gasteiger partial charge on any atom is -0.258 e. The summed E-state index contributed by atoms with van der Waals surface area (Å²) in [6.07, 6.45) is 0.968. The SMILES string of the molecule is O=[N+]([O-])c1cccc2cc(F)cnc12. The van der Waals surface area contributed by atoms with E-state index in [9.17, 15) is 14.5 Å². The first-order chi connectivity index (χ1) is 6.68. The number of hydrogen-bond acceptors (Lipinski definition) is 3. The molecule has 70 valence electrons. The van der Waals surface area contributed by atoms with Crippen LogP contribution in [0.25, 0.3) is 10.9 Å². The third-order valence-corrected chi connectivity index (χ3v) is 1.85. The van der Waals surface area contributed by atoms with Gasteiger partial charge in [-0.15, -0.1) is 0 Å². The topological polar surface area (TPSA) is 56.0 Å². The zero-order valence-corrected chi connectivity index (χ0v) is 6.98. The summed E-state index contributed by atoms with van der Waals surface area (Å²) in [7, 11) is 0. The van der Waals surface area contributed by atoms with E-state index >= 15 is 0 Å². The van der Waals surface area contributed by atoms with Gasteiger partial charge in [0.2, 0.25) is 0 Å². The number of fused-ring (bicyclic) bond motifs is 1. The van der Waals surface area contributed by atoms with Crippen LogP contribution in [0.1, 0.15) is 0 Å². The van der Waals surface area contributed by atoms with Gasteiger partial charge in [-0.1, -0.05) is 12.1 Å². The fourth-order valence-corrected chi connectivity index (χ4v) is 1.27. The summed E-state index contributed by atoms with van der Waals surface area (Å²) in [5, 5.41) is 11.0. The molecular formula is C9H5FN2O2. The minimum atomic E-state index is -0.534. The lowest BCUT2D eigenvalue weighted by Gasteiger charge is -1.97. The van der Waals surface area contributed by atoms with Gasteiger partial charge in [-0.25, -0.2) is 9.37 Å². The van der Waals surface area contributed by atoms with E-state index in [4.69, 9.17) is 0 Å². The average molecular weight is 192 g/mol. The summed E-state index contributed by atoms with van der Waals surface area (Å²) in [6, 6.07) is 5.64. The highest BCUT2D eigenvalue weighted by atomic mass is 19.1. The largest absolute Gasteiger partial charge is 0.295 e. The summed E-state index contributed by atoms with van der Waals surface area (Å²) >= 11 is 0. The Balaban J connectivity index is 2.81. The molecule has 2 aromatic rings. The Morgan fingerprint density at radius 1 is 1.43 bits per heavy atom. The van der Waals surface area contributed by atoms with Gasteiger partial charge >= 0.3 is 0 Å². The van der Waals surface area contributed by atoms with Crippen molar-refractivity contribution in [3.8, 4) is 0 Å². The average Bonchev–Trinajstić information content (AvgIpc) is 2.16. The van der Waals surface area contributed by atoms with E-state index in [2.05, 4.69) is 4.98 Å². The van der Waals surface area contributed by atoms with Crippen molar-refractivity contribution in [3.63, 3.8) is 0 Å². The van der Waals surface area contributed by atoms with E-state index in [1.165, 1.54) is 18.2 Å². The molecule has 0 N–H and O–H groups in total. The predicted molar refractivity (Wildman–Crippen MR) is 48.4 cm³/mol. The molecule has 0 saturated heterocycles. The molecule has 1 aromatic heterocycles. The first-order valence-electron chi connectivity index (χ1n) is 3.87. The highest BCUT2D eigenvalue weighted by Gasteiger charge is 2.12. The summed E-state index contributed by atoms with van der Waals surface area (Å²) in [5.41, 5.74) is 0.0985. The first kappa shape index (κ1) is 8.55. The molecule has 0 atom stereocenters. The van der Waals surface area contributed by atoms with Crippen molar-refractivity contribution in [1.82, 2.24) is 4.98 Å². The summed E-state index contributed by atoms with van der Waals surface area (Å²) in [4.78, 5) is 13.7. The first-order valence-corrected chi connectivity index (χ1v) is 3.87. The van der Waals surface area contributed by atoms with Crippen LogP contribution in [0.4, 0.5) is 10.1 Å². The van der Waals surface area contributed by atoms with Crippen molar-refractivity contribution in [2.75, 3.05) is 0 Å². The number of halogens is 1. The molecule has 0 aliphatic heterocycles. The highest BCUT2D eigenvalue weighted by molar-refractivity contribution is 5.86. The van der Waals surface area contributed by atoms with Crippen molar-refractivity contribution in [2.24, 2.45) is 0 Å². The van der Waals surface area contributed by atoms with Gasteiger partial charge in [0.1, 0.15) is 11.3 Å². The van der Waals surface area contributed by atoms with Crippen LogP contribution in [-0.2, 0) is 0 Å². The second-order valence-corrected chi connectivity index (χ2v) is 2.76. The van der Waals surface area contributed by atoms with Gasteiger partial charge in [-0.3, -0.25) is 10.1 Å². The van der Waals surface area contributed by atoms with E-state index in [0.29, 0.717) is 5.39 Å². The molecule has 4 nitrogen and oxygen atoms in total. The third kappa shape index (κ3) is 1.28. The van der Waals surface area contributed by atoms with Crippen molar-refractivity contribution in [3.05, 3.63) is 46.4 Å². The minimum absolute atomic E-state index is 0.109. The molecule has 0 aliphatic rings. The number of non-ortho nitro benzene ring substituents is 1. The summed E-state index contributed by atoms with van der Waals surface area (Å²) in [5.74, 6) is -0.502. The lowest BCUT2D eigenvalue weighted by Crippen LogP contribution is -1.91. The van der Waals surface area contributed by atoms with Gasteiger partial charge in [0.15, 0.2) is 0 Å². The fraction of sp³-hybridized carbons (Fsp3) is 0. The number of hydrogen-bond donors (Lipinski definition) is 0. The Morgan fingerprint density at radius 2 is 2.21 bits per heavy atom. The van der Waals surface area contributed by atoms with Crippen molar-refractivity contribution >= 4 is 16.6 Å². The molecule has 14 heavy (non-hydrogen) atoms. The molecule has 2 rings (SSSR count). The quantitative estimate of drug-likeness (QED) is 0.514. The molecular weight excluding hydrogens is 187 g/mol. The molecule has 0 fully saturated rings. The zero-order valence-electron chi connectivity index (χ0n) is 6.98. The Hall–Kier alpha value is -2.04. The molecule has 0 saturated carbocycles. The van der Waals surface area contributed by atoms with Gasteiger partial charge in [0.05, 0.1) is 11.1 Å². The number of nitro groups is 1. The van der Waals surface area contributed by atoms with E-state index in [1.54, 1.807) is 6.07 Å². The number of nitrogens with zero attached hydrogens (tertiary/aromatic N) is 2. The normalized spacial score (nSPS) is 10.4. The van der Waals surface area contributed by atoms with Crippen LogP contribution in [0.15, 0.2) is 30.5 Å². The summed E-state index contributed by atoms with van der Waals surface area (Å²) in [6.45, 7) is 0. The Kier molecular flexibility index (Phi) is 1.85. The highest BCUT2D eigenvalue weighted by Crippen LogP contribution is 2.23. The molecule has 1 heterocycles. The van der Waals surface area contributed by atoms with E-state index in [1.807, 2.05) is 0 Å². The number of aromatic nitrogens is 1. The lowest BCUT2D eigenvalue weighted by molar-refractivity contribution is -0.383. The van der Waals surface area contributed by atoms with Crippen molar-refractivity contribution in [1.29, 1.82) is 0 Å². The third-order valence-electron chi connectivity index (χ3n) is 1.85. The fourth-order valence-electron chi connectivity index (χ4n) is 1.27. The van der Waals surface area contributed by atoms with Crippen LogP contribution in [-0.4, -0.2) is 9.91 Å². The Labute approximate surface area is 78.2 Å². The van der Waals surface area contributed by atoms with Crippen LogP contribution in [0.5, 0.6) is 0 Å². The molecule has 0 spiro atoms. The molecule has 5 heteroatoms. The Morgan fingerprint density at radius 3 is 2.93 bits per heavy atom. The lowest BCUT2D eigenvalue weighted by atomic mass is 10.2. The monoisotopic (exact) mass is 192 g/mol. The second-order valence-electron chi connectivity index (χ2n) is 2.76. The molecule has 0 bridgehead atoms. The van der Waals surface area contributed by atoms with E-state index in [0.717, 1.165) is 6.20 Å². The molecule has 0 radical (unpaired) electrons. The van der Waals surface area contributed by atoms with Gasteiger partial charge in [-0.2, -0.15) is 0 Å². The number of rotatable bonds is 1. The maximum absolute atomic E-state index is 12.7. The summed E-state index contributed by atoms with van der Waals surface area (Å²) < 4.78 is 12.7. The van der Waals surface area contributed by atoms with Crippen molar-refractivity contribution < 1.29 is 9.31 Å². The van der Waals surface area contributed by atoms with Gasteiger partial charge < -0.3 is 0 Å². The number of nitro benzene ring substituents is 1. The molecule has 0 unspecified atom stereocenters. The number of benzene rings is 1. The molecule has 0 aliphatic carbocycles. The zero-order chi connectivity index (χ0) is 10.1. The maximum atomic E-state index is 12.7. The van der Waals surface area contributed by atoms with Crippen LogP contribution >= 0.6 is 0 Å². The van der Waals surface area contributed by atoms with Gasteiger partial charge in [-0.05, 0) is 6.07 Å². The number of para-hydroxylation sites is 1. The molecule has 0 amide bonds. The Bertz CT molecular complexity index is 513. The van der Waals surface area contributed by atoms with Crippen molar-refractivity contribution in [2.45, 2.75) is 0 Å². The predicted octanol–water partition coefficient (Wildman–Crippen LogP) is 2.28. The van der Waals surface area contributed by atoms with Crippen LogP contribution < -0.4 is 0 Å². The second kappa shape index (κ2) is 3.02. The van der Waals surface area contributed by atoms with Gasteiger partial charge in [0, 0.05) is 11.5 Å². The van der Waals surface area contributed by atoms with Crippen LogP contribution in [0.3, 0.4) is 0 Å². The van der Waals surface area contributed by atoms with E-state index in [-0.39, 0.29) is 11.2 Å². The number of pyridine rings is 1. The van der Waals surface area contributed by atoms with Gasteiger partial charge in [0.25, 0.3) is 5.69 Å².